The number of ether oxygens (including phenoxy) is 1. The van der Waals surface area contributed by atoms with Gasteiger partial charge in [-0.25, -0.2) is 4.79 Å². The van der Waals surface area contributed by atoms with Gasteiger partial charge in [0.05, 0.1) is 6.04 Å². The lowest BCUT2D eigenvalue weighted by Gasteiger charge is -2.32. The van der Waals surface area contributed by atoms with Gasteiger partial charge in [-0.15, -0.1) is 0 Å². The summed E-state index contributed by atoms with van der Waals surface area (Å²) in [5.74, 6) is 0.662. The van der Waals surface area contributed by atoms with E-state index in [-0.39, 0.29) is 18.1 Å². The maximum Gasteiger partial charge on any atom is 0.410 e. The van der Waals surface area contributed by atoms with Crippen molar-refractivity contribution in [2.75, 3.05) is 6.54 Å². The van der Waals surface area contributed by atoms with Crippen LogP contribution >= 0.6 is 0 Å². The molecule has 29 heavy (non-hydrogen) atoms. The van der Waals surface area contributed by atoms with E-state index in [9.17, 15) is 4.79 Å². The molecule has 1 heterocycles. The van der Waals surface area contributed by atoms with Gasteiger partial charge in [0, 0.05) is 24.0 Å². The molecule has 1 aliphatic rings. The summed E-state index contributed by atoms with van der Waals surface area (Å²) in [5.41, 5.74) is 3.55. The van der Waals surface area contributed by atoms with Crippen molar-refractivity contribution in [3.05, 3.63) is 34.7 Å². The molecule has 0 bridgehead atoms. The number of amides is 1. The molecule has 5 nitrogen and oxygen atoms in total. The Morgan fingerprint density at radius 2 is 1.86 bits per heavy atom. The van der Waals surface area contributed by atoms with E-state index in [1.54, 1.807) is 0 Å². The zero-order valence-electron chi connectivity index (χ0n) is 19.8. The molecule has 164 valence electrons. The number of allylic oxidation sites excluding steroid dienone is 3. The third-order valence-electron chi connectivity index (χ3n) is 5.27. The Morgan fingerprint density at radius 1 is 1.24 bits per heavy atom. The third kappa shape index (κ3) is 7.06. The normalized spacial score (nSPS) is 19.6. The number of hydrogen-bond donors (Lipinski definition) is 2. The molecular weight excluding hydrogens is 362 g/mol. The van der Waals surface area contributed by atoms with E-state index in [1.807, 2.05) is 58.7 Å². The molecule has 1 unspecified atom stereocenters. The number of carbonyl (C=O) groups is 1. The average Bonchev–Trinajstić information content (AvgIpc) is 3.08. The first-order valence-corrected chi connectivity index (χ1v) is 10.7. The van der Waals surface area contributed by atoms with Crippen LogP contribution in [0.25, 0.3) is 0 Å². The minimum atomic E-state index is -0.525. The Labute approximate surface area is 177 Å². The predicted octanol–water partition coefficient (Wildman–Crippen LogP) is 6.04. The Hall–Kier alpha value is -2.04. The SMILES string of the molecule is C/C=C(\C(C=N)=C(NC=C(C)C)[C@H](C)C(C)C)C1CCCN1C(=O)OC(C)(C)C. The summed E-state index contributed by atoms with van der Waals surface area (Å²) in [6.07, 6.45) is 7.00. The number of carbonyl (C=O) groups excluding carboxylic acids is 1. The van der Waals surface area contributed by atoms with Gasteiger partial charge in [-0.2, -0.15) is 0 Å². The van der Waals surface area contributed by atoms with Crippen molar-refractivity contribution in [2.45, 2.75) is 86.8 Å². The molecule has 0 aromatic carbocycles. The zero-order valence-corrected chi connectivity index (χ0v) is 19.8. The van der Waals surface area contributed by atoms with Gasteiger partial charge < -0.3 is 20.4 Å². The average molecular weight is 404 g/mol. The van der Waals surface area contributed by atoms with Crippen molar-refractivity contribution in [2.24, 2.45) is 11.8 Å². The van der Waals surface area contributed by atoms with Gasteiger partial charge in [-0.1, -0.05) is 32.4 Å². The Morgan fingerprint density at radius 3 is 2.31 bits per heavy atom. The van der Waals surface area contributed by atoms with E-state index < -0.39 is 5.60 Å². The summed E-state index contributed by atoms with van der Waals surface area (Å²) in [7, 11) is 0. The summed E-state index contributed by atoms with van der Waals surface area (Å²) in [4.78, 5) is 14.6. The lowest BCUT2D eigenvalue weighted by atomic mass is 9.87. The molecule has 0 saturated carbocycles. The van der Waals surface area contributed by atoms with Gasteiger partial charge >= 0.3 is 6.09 Å². The van der Waals surface area contributed by atoms with Crippen LogP contribution in [-0.4, -0.2) is 35.4 Å². The second-order valence-corrected chi connectivity index (χ2v) is 9.45. The molecule has 1 fully saturated rings. The molecule has 5 heteroatoms. The fraction of sp³-hybridized carbons (Fsp3) is 0.667. The van der Waals surface area contributed by atoms with Crippen molar-refractivity contribution in [3.63, 3.8) is 0 Å². The monoisotopic (exact) mass is 403 g/mol. The summed E-state index contributed by atoms with van der Waals surface area (Å²) < 4.78 is 5.65. The molecule has 1 aliphatic heterocycles. The quantitative estimate of drug-likeness (QED) is 0.402. The molecule has 2 N–H and O–H groups in total. The maximum atomic E-state index is 12.8. The van der Waals surface area contributed by atoms with Gasteiger partial charge in [0.1, 0.15) is 5.60 Å². The molecule has 0 aliphatic carbocycles. The lowest BCUT2D eigenvalue weighted by Crippen LogP contribution is -2.41. The van der Waals surface area contributed by atoms with Crippen LogP contribution in [0.3, 0.4) is 0 Å². The maximum absolute atomic E-state index is 12.8. The Kier molecular flexibility index (Phi) is 9.18. The van der Waals surface area contributed by atoms with E-state index in [1.165, 1.54) is 11.8 Å². The highest BCUT2D eigenvalue weighted by molar-refractivity contribution is 5.85. The van der Waals surface area contributed by atoms with Gasteiger partial charge in [0.25, 0.3) is 0 Å². The van der Waals surface area contributed by atoms with Crippen molar-refractivity contribution in [1.29, 1.82) is 5.41 Å². The Bertz CT molecular complexity index is 677. The fourth-order valence-corrected chi connectivity index (χ4v) is 3.48. The summed E-state index contributed by atoms with van der Waals surface area (Å²) >= 11 is 0. The highest BCUT2D eigenvalue weighted by Gasteiger charge is 2.35. The Balaban J connectivity index is 3.39. The lowest BCUT2D eigenvalue weighted by molar-refractivity contribution is 0.0250. The van der Waals surface area contributed by atoms with Crippen molar-refractivity contribution >= 4 is 12.3 Å². The third-order valence-corrected chi connectivity index (χ3v) is 5.27. The molecule has 0 spiro atoms. The summed E-state index contributed by atoms with van der Waals surface area (Å²) in [6, 6.07) is -0.0747. The fourth-order valence-electron chi connectivity index (χ4n) is 3.48. The van der Waals surface area contributed by atoms with E-state index >= 15 is 0 Å². The van der Waals surface area contributed by atoms with Crippen molar-refractivity contribution in [1.82, 2.24) is 10.2 Å². The van der Waals surface area contributed by atoms with E-state index in [0.717, 1.165) is 29.7 Å². The second-order valence-electron chi connectivity index (χ2n) is 9.45. The van der Waals surface area contributed by atoms with E-state index in [2.05, 4.69) is 26.1 Å². The minimum absolute atomic E-state index is 0.0747. The van der Waals surface area contributed by atoms with E-state index in [0.29, 0.717) is 12.5 Å². The van der Waals surface area contributed by atoms with Crippen LogP contribution in [0, 0.1) is 17.2 Å². The van der Waals surface area contributed by atoms with Gasteiger partial charge in [-0.05, 0) is 78.0 Å². The summed E-state index contributed by atoms with van der Waals surface area (Å²) in [6.45, 7) is 19.0. The van der Waals surface area contributed by atoms with Gasteiger partial charge in [-0.3, -0.25) is 0 Å². The molecule has 0 aromatic heterocycles. The van der Waals surface area contributed by atoms with Gasteiger partial charge in [0.2, 0.25) is 0 Å². The topological polar surface area (TPSA) is 65.4 Å². The van der Waals surface area contributed by atoms with Crippen molar-refractivity contribution < 1.29 is 9.53 Å². The number of nitrogens with one attached hydrogen (secondary N) is 2. The molecule has 0 radical (unpaired) electrons. The van der Waals surface area contributed by atoms with Gasteiger partial charge in [0.15, 0.2) is 0 Å². The number of rotatable bonds is 7. The zero-order chi connectivity index (χ0) is 22.4. The number of hydrogen-bond acceptors (Lipinski definition) is 4. The first-order valence-electron chi connectivity index (χ1n) is 10.7. The van der Waals surface area contributed by atoms with E-state index in [4.69, 9.17) is 10.1 Å². The predicted molar refractivity (Wildman–Crippen MR) is 122 cm³/mol. The first-order chi connectivity index (χ1) is 13.4. The van der Waals surface area contributed by atoms with Crippen molar-refractivity contribution in [3.8, 4) is 0 Å². The van der Waals surface area contributed by atoms with Crippen LogP contribution < -0.4 is 5.32 Å². The molecule has 1 rings (SSSR count). The molecule has 2 atom stereocenters. The van der Waals surface area contributed by atoms with Crippen LogP contribution in [-0.2, 0) is 4.74 Å². The van der Waals surface area contributed by atoms with Crippen LogP contribution in [0.1, 0.15) is 75.2 Å². The molecular formula is C24H41N3O2. The first kappa shape index (κ1) is 25.0. The second kappa shape index (κ2) is 10.7. The molecule has 1 saturated heterocycles. The smallest absolute Gasteiger partial charge is 0.410 e. The largest absolute Gasteiger partial charge is 0.444 e. The minimum Gasteiger partial charge on any atom is -0.444 e. The highest BCUT2D eigenvalue weighted by atomic mass is 16.6. The molecule has 1 amide bonds. The summed E-state index contributed by atoms with van der Waals surface area (Å²) in [5, 5.41) is 11.7. The number of likely N-dealkylation sites (tertiary alicyclic amines) is 1. The number of nitrogens with zero attached hydrogens (tertiary/aromatic N) is 1. The van der Waals surface area contributed by atoms with Crippen LogP contribution in [0.4, 0.5) is 4.79 Å². The van der Waals surface area contributed by atoms with Crippen LogP contribution in [0.2, 0.25) is 0 Å². The highest BCUT2D eigenvalue weighted by Crippen LogP contribution is 2.32. The van der Waals surface area contributed by atoms with Crippen LogP contribution in [0.15, 0.2) is 34.7 Å². The molecule has 0 aromatic rings. The van der Waals surface area contributed by atoms with Crippen LogP contribution in [0.5, 0.6) is 0 Å². The standard InChI is InChI=1S/C24H41N3O2/c1-10-19(21-12-11-13-27(21)23(28)29-24(7,8)9)20(14-25)22(18(6)17(4)5)26-15-16(2)3/h10,14-15,17-18,21,25-26H,11-13H2,1-9H3/b19-10+,22-20?,25-14?/t18-,21?/m1/s1.